The second kappa shape index (κ2) is 5.86. The Morgan fingerprint density at radius 1 is 1.08 bits per heavy atom. The molecule has 1 aliphatic heterocycles. The number of aliphatic hydroxyl groups excluding tert-OH is 3. The quantitative estimate of drug-likeness (QED) is 0.668. The van der Waals surface area contributed by atoms with E-state index in [9.17, 15) is 20.1 Å². The first-order valence-corrected chi connectivity index (χ1v) is 7.95. The van der Waals surface area contributed by atoms with E-state index in [1.807, 2.05) is 6.07 Å². The molecule has 128 valence electrons. The van der Waals surface area contributed by atoms with Crippen molar-refractivity contribution in [2.24, 2.45) is 0 Å². The van der Waals surface area contributed by atoms with Crippen LogP contribution in [0.15, 0.2) is 27.4 Å². The molecule has 2 heterocycles. The molecule has 1 fully saturated rings. The summed E-state index contributed by atoms with van der Waals surface area (Å²) >= 11 is 0. The smallest absolute Gasteiger partial charge is 0.339 e. The number of aryl methyl sites for hydroxylation is 1. The lowest BCUT2D eigenvalue weighted by molar-refractivity contribution is -0.242. The van der Waals surface area contributed by atoms with Crippen molar-refractivity contribution >= 4 is 11.0 Å². The first-order valence-electron chi connectivity index (χ1n) is 7.95. The summed E-state index contributed by atoms with van der Waals surface area (Å²) in [4.78, 5) is 12.0. The normalized spacial score (nSPS) is 29.6. The second-order valence-electron chi connectivity index (χ2n) is 6.23. The van der Waals surface area contributed by atoms with Crippen LogP contribution in [0.5, 0.6) is 5.75 Å². The van der Waals surface area contributed by atoms with Crippen molar-refractivity contribution in [2.75, 3.05) is 6.61 Å². The van der Waals surface area contributed by atoms with Gasteiger partial charge in [-0.1, -0.05) is 0 Å². The molecule has 7 heteroatoms. The van der Waals surface area contributed by atoms with Crippen LogP contribution in [0.3, 0.4) is 0 Å². The van der Waals surface area contributed by atoms with Crippen LogP contribution in [0.4, 0.5) is 0 Å². The van der Waals surface area contributed by atoms with E-state index in [4.69, 9.17) is 13.9 Å². The SMILES string of the molecule is O=c1oc2cc(O[C@H]3OC[C@H](O)[C@H](O)[C@H]3O)ccc2c2c1CCC2. The Bertz CT molecular complexity index is 828. The number of rotatable bonds is 2. The van der Waals surface area contributed by atoms with Crippen LogP contribution in [0.1, 0.15) is 17.5 Å². The Morgan fingerprint density at radius 3 is 2.71 bits per heavy atom. The highest BCUT2D eigenvalue weighted by atomic mass is 16.7. The molecule has 0 radical (unpaired) electrons. The van der Waals surface area contributed by atoms with E-state index in [2.05, 4.69) is 0 Å². The van der Waals surface area contributed by atoms with Crippen molar-refractivity contribution in [2.45, 2.75) is 43.9 Å². The third-order valence-electron chi connectivity index (χ3n) is 4.65. The predicted octanol–water partition coefficient (Wildman–Crippen LogP) is 0.0995. The fourth-order valence-corrected chi connectivity index (χ4v) is 3.35. The van der Waals surface area contributed by atoms with E-state index in [-0.39, 0.29) is 12.2 Å². The van der Waals surface area contributed by atoms with Crippen LogP contribution in [0.25, 0.3) is 11.0 Å². The van der Waals surface area contributed by atoms with E-state index >= 15 is 0 Å². The maximum absolute atomic E-state index is 12.0. The molecule has 0 spiro atoms. The summed E-state index contributed by atoms with van der Waals surface area (Å²) in [7, 11) is 0. The van der Waals surface area contributed by atoms with Crippen molar-refractivity contribution in [3.63, 3.8) is 0 Å². The van der Waals surface area contributed by atoms with Crippen LogP contribution < -0.4 is 10.4 Å². The molecule has 2 aliphatic rings. The standard InChI is InChI=1S/C17H18O7/c18-12-7-22-17(15(20)14(12)19)23-8-4-5-10-9-2-1-3-11(9)16(21)24-13(10)6-8/h4-6,12,14-15,17-20H,1-3,7H2/t12-,14-,15+,17+/m0/s1. The Labute approximate surface area is 137 Å². The molecule has 0 amide bonds. The lowest BCUT2D eigenvalue weighted by Gasteiger charge is -2.34. The maximum Gasteiger partial charge on any atom is 0.339 e. The minimum absolute atomic E-state index is 0.140. The maximum atomic E-state index is 12.0. The summed E-state index contributed by atoms with van der Waals surface area (Å²) in [6, 6.07) is 5.09. The van der Waals surface area contributed by atoms with Gasteiger partial charge in [0, 0.05) is 17.0 Å². The number of fused-ring (bicyclic) bond motifs is 3. The Hall–Kier alpha value is -1.93. The Kier molecular flexibility index (Phi) is 3.80. The first-order chi connectivity index (χ1) is 11.5. The summed E-state index contributed by atoms with van der Waals surface area (Å²) in [5.41, 5.74) is 1.88. The number of hydrogen-bond acceptors (Lipinski definition) is 7. The van der Waals surface area contributed by atoms with Gasteiger partial charge >= 0.3 is 5.63 Å². The minimum atomic E-state index is -1.38. The van der Waals surface area contributed by atoms with Gasteiger partial charge in [0.25, 0.3) is 0 Å². The number of benzene rings is 1. The molecule has 0 unspecified atom stereocenters. The van der Waals surface area contributed by atoms with Gasteiger partial charge in [0.05, 0.1) is 6.61 Å². The van der Waals surface area contributed by atoms with Gasteiger partial charge in [-0.3, -0.25) is 0 Å². The lowest BCUT2D eigenvalue weighted by atomic mass is 10.1. The lowest BCUT2D eigenvalue weighted by Crippen LogP contribution is -2.54. The van der Waals surface area contributed by atoms with Crippen molar-refractivity contribution in [1.82, 2.24) is 0 Å². The molecular weight excluding hydrogens is 316 g/mol. The van der Waals surface area contributed by atoms with Crippen molar-refractivity contribution in [3.05, 3.63) is 39.7 Å². The molecule has 4 atom stereocenters. The molecule has 1 saturated heterocycles. The molecule has 1 aliphatic carbocycles. The van der Waals surface area contributed by atoms with Crippen LogP contribution in [0.2, 0.25) is 0 Å². The predicted molar refractivity (Wildman–Crippen MR) is 82.9 cm³/mol. The average molecular weight is 334 g/mol. The monoisotopic (exact) mass is 334 g/mol. The van der Waals surface area contributed by atoms with E-state index in [0.717, 1.165) is 35.8 Å². The molecule has 1 aromatic heterocycles. The third kappa shape index (κ3) is 2.50. The largest absolute Gasteiger partial charge is 0.462 e. The highest BCUT2D eigenvalue weighted by Gasteiger charge is 2.39. The molecule has 0 bridgehead atoms. The summed E-state index contributed by atoms with van der Waals surface area (Å²) < 4.78 is 16.1. The topological polar surface area (TPSA) is 109 Å². The average Bonchev–Trinajstić information content (AvgIpc) is 3.06. The van der Waals surface area contributed by atoms with E-state index < -0.39 is 24.6 Å². The van der Waals surface area contributed by atoms with Crippen molar-refractivity contribution in [1.29, 1.82) is 0 Å². The zero-order valence-corrected chi connectivity index (χ0v) is 12.8. The fraction of sp³-hybridized carbons (Fsp3) is 0.471. The molecule has 1 aromatic carbocycles. The van der Waals surface area contributed by atoms with E-state index in [0.29, 0.717) is 11.3 Å². The van der Waals surface area contributed by atoms with Crippen LogP contribution in [-0.4, -0.2) is 46.5 Å². The summed E-state index contributed by atoms with van der Waals surface area (Å²) in [6.07, 6.45) is -2.44. The highest BCUT2D eigenvalue weighted by Crippen LogP contribution is 2.30. The Morgan fingerprint density at radius 2 is 1.88 bits per heavy atom. The van der Waals surface area contributed by atoms with Crippen molar-refractivity contribution in [3.8, 4) is 5.75 Å². The van der Waals surface area contributed by atoms with Gasteiger partial charge in [0.15, 0.2) is 0 Å². The first kappa shape index (κ1) is 15.6. The van der Waals surface area contributed by atoms with Gasteiger partial charge in [-0.05, 0) is 37.0 Å². The second-order valence-corrected chi connectivity index (χ2v) is 6.23. The van der Waals surface area contributed by atoms with Gasteiger partial charge in [0.1, 0.15) is 29.6 Å². The van der Waals surface area contributed by atoms with Gasteiger partial charge < -0.3 is 29.2 Å². The summed E-state index contributed by atoms with van der Waals surface area (Å²) in [5.74, 6) is 0.344. The summed E-state index contributed by atoms with van der Waals surface area (Å²) in [6.45, 7) is -0.140. The zero-order chi connectivity index (χ0) is 16.8. The van der Waals surface area contributed by atoms with Crippen LogP contribution >= 0.6 is 0 Å². The molecule has 2 aromatic rings. The molecule has 7 nitrogen and oxygen atoms in total. The summed E-state index contributed by atoms with van der Waals surface area (Å²) in [5, 5.41) is 29.9. The number of hydrogen-bond donors (Lipinski definition) is 3. The number of aliphatic hydroxyl groups is 3. The van der Waals surface area contributed by atoms with Gasteiger partial charge in [-0.25, -0.2) is 4.79 Å². The molecular formula is C17H18O7. The van der Waals surface area contributed by atoms with E-state index in [1.54, 1.807) is 12.1 Å². The van der Waals surface area contributed by atoms with E-state index in [1.165, 1.54) is 0 Å². The number of ether oxygens (including phenoxy) is 2. The van der Waals surface area contributed by atoms with Gasteiger partial charge in [0.2, 0.25) is 6.29 Å². The molecule has 4 rings (SSSR count). The molecule has 3 N–H and O–H groups in total. The highest BCUT2D eigenvalue weighted by molar-refractivity contribution is 5.83. The molecule has 0 saturated carbocycles. The Balaban J connectivity index is 1.64. The zero-order valence-electron chi connectivity index (χ0n) is 12.8. The van der Waals surface area contributed by atoms with Gasteiger partial charge in [-0.2, -0.15) is 0 Å². The third-order valence-corrected chi connectivity index (χ3v) is 4.65. The minimum Gasteiger partial charge on any atom is -0.462 e. The molecule has 24 heavy (non-hydrogen) atoms. The van der Waals surface area contributed by atoms with Crippen LogP contribution in [0, 0.1) is 0 Å². The fourth-order valence-electron chi connectivity index (χ4n) is 3.35. The van der Waals surface area contributed by atoms with Crippen LogP contribution in [-0.2, 0) is 17.6 Å². The van der Waals surface area contributed by atoms with Crippen molar-refractivity contribution < 1.29 is 29.2 Å². The van der Waals surface area contributed by atoms with Gasteiger partial charge in [-0.15, -0.1) is 0 Å².